The summed E-state index contributed by atoms with van der Waals surface area (Å²) in [5, 5.41) is 0. The van der Waals surface area contributed by atoms with E-state index in [2.05, 4.69) is 55.7 Å². The average molecular weight is 458 g/mol. The van der Waals surface area contributed by atoms with E-state index in [1.807, 2.05) is 31.3 Å². The fourth-order valence-corrected chi connectivity index (χ4v) is 4.02. The van der Waals surface area contributed by atoms with Crippen LogP contribution in [0.4, 0.5) is 17.1 Å². The Morgan fingerprint density at radius 3 is 2.21 bits per heavy atom. The van der Waals surface area contributed by atoms with Crippen molar-refractivity contribution in [1.82, 2.24) is 0 Å². The summed E-state index contributed by atoms with van der Waals surface area (Å²) in [6, 6.07) is 20.4. The summed E-state index contributed by atoms with van der Waals surface area (Å²) in [7, 11) is 2.05. The molecule has 0 aromatic heterocycles. The molecule has 0 atom stereocenters. The van der Waals surface area contributed by atoms with Crippen LogP contribution in [-0.4, -0.2) is 19.6 Å². The highest BCUT2D eigenvalue weighted by Crippen LogP contribution is 2.35. The van der Waals surface area contributed by atoms with Gasteiger partial charge in [-0.25, -0.2) is 0 Å². The number of hydrogen-bond acceptors (Lipinski definition) is 5. The summed E-state index contributed by atoms with van der Waals surface area (Å²) < 4.78 is 5.14. The van der Waals surface area contributed by atoms with Crippen LogP contribution >= 0.6 is 0 Å². The molecule has 34 heavy (non-hydrogen) atoms. The number of rotatable bonds is 9. The third kappa shape index (κ3) is 6.19. The summed E-state index contributed by atoms with van der Waals surface area (Å²) in [4.78, 5) is 14.3. The van der Waals surface area contributed by atoms with Gasteiger partial charge in [0.05, 0.1) is 13.0 Å². The second kappa shape index (κ2) is 10.9. The quantitative estimate of drug-likeness (QED) is 0.293. The van der Waals surface area contributed by atoms with Gasteiger partial charge in [-0.3, -0.25) is 4.79 Å². The highest BCUT2D eigenvalue weighted by atomic mass is 16.5. The van der Waals surface area contributed by atoms with Gasteiger partial charge in [-0.2, -0.15) is 0 Å². The second-order valence-electron chi connectivity index (χ2n) is 8.96. The van der Waals surface area contributed by atoms with Crippen molar-refractivity contribution in [2.45, 2.75) is 39.7 Å². The molecular formula is C29H35N3O2. The van der Waals surface area contributed by atoms with Gasteiger partial charge in [-0.15, -0.1) is 0 Å². The Morgan fingerprint density at radius 1 is 0.971 bits per heavy atom. The van der Waals surface area contributed by atoms with Crippen LogP contribution in [0.1, 0.15) is 49.8 Å². The van der Waals surface area contributed by atoms with Crippen LogP contribution < -0.4 is 16.4 Å². The number of nitrogen functional groups attached to an aromatic ring is 2. The molecular weight excluding hydrogens is 422 g/mol. The van der Waals surface area contributed by atoms with Gasteiger partial charge in [-0.1, -0.05) is 56.8 Å². The molecule has 5 nitrogen and oxygen atoms in total. The van der Waals surface area contributed by atoms with E-state index in [0.717, 1.165) is 22.4 Å². The molecule has 4 N–H and O–H groups in total. The largest absolute Gasteiger partial charge is 0.466 e. The molecule has 0 radical (unpaired) electrons. The topological polar surface area (TPSA) is 81.6 Å². The Labute approximate surface area is 203 Å². The van der Waals surface area contributed by atoms with Crippen LogP contribution in [0.15, 0.2) is 67.2 Å². The molecule has 3 rings (SSSR count). The Balaban J connectivity index is 1.98. The van der Waals surface area contributed by atoms with Crippen LogP contribution in [0, 0.1) is 0 Å². The summed E-state index contributed by atoms with van der Waals surface area (Å²) in [5.74, 6) is 0.213. The van der Waals surface area contributed by atoms with E-state index < -0.39 is 0 Å². The van der Waals surface area contributed by atoms with Gasteiger partial charge in [0.1, 0.15) is 0 Å². The first-order chi connectivity index (χ1) is 16.2. The van der Waals surface area contributed by atoms with Crippen molar-refractivity contribution in [2.75, 3.05) is 30.0 Å². The monoisotopic (exact) mass is 457 g/mol. The Hall–Kier alpha value is -3.73. The zero-order valence-electron chi connectivity index (χ0n) is 20.6. The maximum Gasteiger partial charge on any atom is 0.310 e. The number of carbonyl (C=O) groups is 1. The minimum atomic E-state index is -0.280. The number of hydrogen-bond donors (Lipinski definition) is 2. The van der Waals surface area contributed by atoms with Crippen molar-refractivity contribution < 1.29 is 9.53 Å². The van der Waals surface area contributed by atoms with E-state index in [0.29, 0.717) is 36.0 Å². The normalized spacial score (nSPS) is 10.9. The van der Waals surface area contributed by atoms with Gasteiger partial charge in [0.2, 0.25) is 0 Å². The molecule has 178 valence electrons. The highest BCUT2D eigenvalue weighted by Gasteiger charge is 2.16. The summed E-state index contributed by atoms with van der Waals surface area (Å²) >= 11 is 0. The molecule has 3 aromatic carbocycles. The Bertz CT molecular complexity index is 1150. The average Bonchev–Trinajstić information content (AvgIpc) is 2.78. The number of benzene rings is 3. The van der Waals surface area contributed by atoms with Crippen LogP contribution in [-0.2, 0) is 16.1 Å². The molecule has 0 unspecified atom stereocenters. The molecule has 0 saturated heterocycles. The lowest BCUT2D eigenvalue weighted by Gasteiger charge is -2.25. The molecule has 0 amide bonds. The molecule has 0 bridgehead atoms. The minimum Gasteiger partial charge on any atom is -0.466 e. The predicted molar refractivity (Wildman–Crippen MR) is 144 cm³/mol. The molecule has 0 spiro atoms. The molecule has 0 heterocycles. The number of anilines is 3. The van der Waals surface area contributed by atoms with Gasteiger partial charge in [0, 0.05) is 36.2 Å². The second-order valence-corrected chi connectivity index (χ2v) is 8.96. The predicted octanol–water partition coefficient (Wildman–Crippen LogP) is 6.24. The Morgan fingerprint density at radius 2 is 1.62 bits per heavy atom. The molecule has 0 aliphatic heterocycles. The third-order valence-electron chi connectivity index (χ3n) is 5.83. The smallest absolute Gasteiger partial charge is 0.310 e. The SMILES string of the molecule is C=C(CC(=O)OCC)c1ccc(-c2cc(N)cc(N)c2)cc1N(C)Cc1ccc(C(C)C)cc1. The van der Waals surface area contributed by atoms with Crippen molar-refractivity contribution in [3.63, 3.8) is 0 Å². The molecule has 0 aliphatic rings. The van der Waals surface area contributed by atoms with Gasteiger partial charge >= 0.3 is 5.97 Å². The lowest BCUT2D eigenvalue weighted by atomic mass is 9.96. The zero-order valence-corrected chi connectivity index (χ0v) is 20.6. The lowest BCUT2D eigenvalue weighted by Crippen LogP contribution is -2.18. The fraction of sp³-hybridized carbons (Fsp3) is 0.276. The number of esters is 1. The first kappa shape index (κ1) is 24.9. The van der Waals surface area contributed by atoms with E-state index in [9.17, 15) is 4.79 Å². The Kier molecular flexibility index (Phi) is 8.00. The summed E-state index contributed by atoms with van der Waals surface area (Å²) in [6.07, 6.45) is 0.141. The maximum atomic E-state index is 12.1. The van der Waals surface area contributed by atoms with E-state index in [4.69, 9.17) is 16.2 Å². The number of ether oxygens (including phenoxy) is 1. The highest BCUT2D eigenvalue weighted by molar-refractivity contribution is 5.89. The van der Waals surface area contributed by atoms with E-state index in [-0.39, 0.29) is 12.4 Å². The molecule has 5 heteroatoms. The van der Waals surface area contributed by atoms with Gasteiger partial charge in [0.25, 0.3) is 0 Å². The number of nitrogens with zero attached hydrogens (tertiary/aromatic N) is 1. The van der Waals surface area contributed by atoms with Crippen molar-refractivity contribution in [1.29, 1.82) is 0 Å². The summed E-state index contributed by atoms with van der Waals surface area (Å²) in [5.41, 5.74) is 20.4. The van der Waals surface area contributed by atoms with Crippen molar-refractivity contribution >= 4 is 28.6 Å². The number of carbonyl (C=O) groups excluding carboxylic acids is 1. The van der Waals surface area contributed by atoms with E-state index in [1.165, 1.54) is 11.1 Å². The van der Waals surface area contributed by atoms with Crippen molar-refractivity contribution in [3.8, 4) is 11.1 Å². The fourth-order valence-electron chi connectivity index (χ4n) is 4.02. The van der Waals surface area contributed by atoms with E-state index >= 15 is 0 Å². The maximum absolute atomic E-state index is 12.1. The van der Waals surface area contributed by atoms with Crippen LogP contribution in [0.25, 0.3) is 16.7 Å². The lowest BCUT2D eigenvalue weighted by molar-refractivity contribution is -0.141. The summed E-state index contributed by atoms with van der Waals surface area (Å²) in [6.45, 7) is 11.4. The third-order valence-corrected chi connectivity index (χ3v) is 5.83. The molecule has 0 fully saturated rings. The minimum absolute atomic E-state index is 0.141. The van der Waals surface area contributed by atoms with E-state index in [1.54, 1.807) is 13.0 Å². The van der Waals surface area contributed by atoms with Gasteiger partial charge in [-0.05, 0) is 64.9 Å². The zero-order chi connectivity index (χ0) is 24.8. The molecule has 0 aliphatic carbocycles. The van der Waals surface area contributed by atoms with Gasteiger partial charge < -0.3 is 21.1 Å². The van der Waals surface area contributed by atoms with Gasteiger partial charge in [0.15, 0.2) is 0 Å². The van der Waals surface area contributed by atoms with Crippen LogP contribution in [0.2, 0.25) is 0 Å². The molecule has 0 saturated carbocycles. The molecule has 3 aromatic rings. The van der Waals surface area contributed by atoms with Crippen LogP contribution in [0.5, 0.6) is 0 Å². The first-order valence-electron chi connectivity index (χ1n) is 11.6. The number of nitrogens with two attached hydrogens (primary N) is 2. The first-order valence-corrected chi connectivity index (χ1v) is 11.6. The van der Waals surface area contributed by atoms with Crippen LogP contribution in [0.3, 0.4) is 0 Å². The standard InChI is InChI=1S/C29H35N3O2/c1-6-34-29(33)13-20(4)27-12-11-23(24-14-25(30)17-26(31)15-24)16-28(27)32(5)18-21-7-9-22(10-8-21)19(2)3/h7-12,14-17,19H,4,6,13,18,30-31H2,1-3,5H3. The van der Waals surface area contributed by atoms with Crippen molar-refractivity contribution in [2.24, 2.45) is 0 Å². The van der Waals surface area contributed by atoms with Crippen molar-refractivity contribution in [3.05, 3.63) is 83.9 Å².